The van der Waals surface area contributed by atoms with Crippen LogP contribution in [-0.2, 0) is 6.54 Å². The van der Waals surface area contributed by atoms with Gasteiger partial charge < -0.3 is 5.32 Å². The van der Waals surface area contributed by atoms with Crippen molar-refractivity contribution in [1.82, 2.24) is 10.2 Å². The van der Waals surface area contributed by atoms with Crippen LogP contribution in [0.25, 0.3) is 0 Å². The summed E-state index contributed by atoms with van der Waals surface area (Å²) in [5.41, 5.74) is 0. The third-order valence-corrected chi connectivity index (χ3v) is 4.52. The van der Waals surface area contributed by atoms with Gasteiger partial charge in [-0.3, -0.25) is 4.90 Å². The van der Waals surface area contributed by atoms with Crippen LogP contribution in [0.15, 0.2) is 12.1 Å². The van der Waals surface area contributed by atoms with Gasteiger partial charge in [0.05, 0.1) is 0 Å². The molecular formula is C14H24N2S. The molecule has 17 heavy (non-hydrogen) atoms. The SMILES string of the molecule is CCN(Cc1ccc(C)s1)CC1CCCNC1. The maximum Gasteiger partial charge on any atom is 0.0328 e. The van der Waals surface area contributed by atoms with E-state index >= 15 is 0 Å². The van der Waals surface area contributed by atoms with Crippen LogP contribution in [0.4, 0.5) is 0 Å². The smallest absolute Gasteiger partial charge is 0.0328 e. The van der Waals surface area contributed by atoms with Crippen LogP contribution in [0.1, 0.15) is 29.5 Å². The Morgan fingerprint density at radius 2 is 2.35 bits per heavy atom. The minimum Gasteiger partial charge on any atom is -0.316 e. The Bertz CT molecular complexity index is 329. The average Bonchev–Trinajstić information content (AvgIpc) is 2.75. The Hall–Kier alpha value is -0.380. The average molecular weight is 252 g/mol. The van der Waals surface area contributed by atoms with Gasteiger partial charge in [-0.1, -0.05) is 6.92 Å². The van der Waals surface area contributed by atoms with Crippen molar-refractivity contribution < 1.29 is 0 Å². The monoisotopic (exact) mass is 252 g/mol. The van der Waals surface area contributed by atoms with Gasteiger partial charge in [-0.25, -0.2) is 0 Å². The summed E-state index contributed by atoms with van der Waals surface area (Å²) >= 11 is 1.94. The van der Waals surface area contributed by atoms with E-state index in [2.05, 4.69) is 36.2 Å². The zero-order valence-electron chi connectivity index (χ0n) is 11.0. The minimum absolute atomic E-state index is 0.852. The number of piperidine rings is 1. The summed E-state index contributed by atoms with van der Waals surface area (Å²) in [6, 6.07) is 4.51. The highest BCUT2D eigenvalue weighted by Gasteiger charge is 2.16. The van der Waals surface area contributed by atoms with Crippen molar-refractivity contribution in [2.75, 3.05) is 26.2 Å². The van der Waals surface area contributed by atoms with Crippen LogP contribution in [0.3, 0.4) is 0 Å². The van der Waals surface area contributed by atoms with Gasteiger partial charge >= 0.3 is 0 Å². The van der Waals surface area contributed by atoms with Crippen molar-refractivity contribution in [3.63, 3.8) is 0 Å². The summed E-state index contributed by atoms with van der Waals surface area (Å²) in [4.78, 5) is 5.52. The fourth-order valence-corrected chi connectivity index (χ4v) is 3.47. The van der Waals surface area contributed by atoms with Crippen LogP contribution in [0.5, 0.6) is 0 Å². The zero-order chi connectivity index (χ0) is 12.1. The van der Waals surface area contributed by atoms with E-state index in [0.717, 1.165) is 19.0 Å². The molecule has 2 rings (SSSR count). The molecule has 1 saturated heterocycles. The maximum absolute atomic E-state index is 3.51. The lowest BCUT2D eigenvalue weighted by molar-refractivity contribution is 0.211. The molecule has 0 aromatic carbocycles. The number of nitrogens with zero attached hydrogens (tertiary/aromatic N) is 1. The zero-order valence-corrected chi connectivity index (χ0v) is 11.9. The Kier molecular flexibility index (Phi) is 5.01. The number of nitrogens with one attached hydrogen (secondary N) is 1. The molecule has 0 bridgehead atoms. The molecule has 1 unspecified atom stereocenters. The summed E-state index contributed by atoms with van der Waals surface area (Å²) in [5, 5.41) is 3.51. The Morgan fingerprint density at radius 1 is 1.47 bits per heavy atom. The molecule has 1 aliphatic heterocycles. The molecule has 0 radical (unpaired) electrons. The Morgan fingerprint density at radius 3 is 2.94 bits per heavy atom. The molecule has 2 nitrogen and oxygen atoms in total. The summed E-state index contributed by atoms with van der Waals surface area (Å²) in [6.45, 7) is 10.4. The molecule has 0 spiro atoms. The fourth-order valence-electron chi connectivity index (χ4n) is 2.54. The third kappa shape index (κ3) is 4.09. The molecule has 1 aliphatic rings. The molecule has 0 saturated carbocycles. The van der Waals surface area contributed by atoms with Gasteiger partial charge in [-0.15, -0.1) is 11.3 Å². The van der Waals surface area contributed by atoms with Crippen molar-refractivity contribution in [3.05, 3.63) is 21.9 Å². The largest absolute Gasteiger partial charge is 0.316 e. The Balaban J connectivity index is 1.83. The molecule has 0 aliphatic carbocycles. The van der Waals surface area contributed by atoms with E-state index in [0.29, 0.717) is 0 Å². The molecule has 1 N–H and O–H groups in total. The topological polar surface area (TPSA) is 15.3 Å². The van der Waals surface area contributed by atoms with Crippen molar-refractivity contribution in [2.24, 2.45) is 5.92 Å². The van der Waals surface area contributed by atoms with Crippen LogP contribution in [0.2, 0.25) is 0 Å². The highest BCUT2D eigenvalue weighted by molar-refractivity contribution is 7.11. The first kappa shape index (κ1) is 13.1. The number of hydrogen-bond donors (Lipinski definition) is 1. The van der Waals surface area contributed by atoms with Gasteiger partial charge in [0, 0.05) is 22.8 Å². The van der Waals surface area contributed by atoms with E-state index in [1.54, 1.807) is 0 Å². The molecule has 3 heteroatoms. The lowest BCUT2D eigenvalue weighted by atomic mass is 9.99. The predicted octanol–water partition coefficient (Wildman–Crippen LogP) is 2.88. The molecule has 1 aromatic rings. The quantitative estimate of drug-likeness (QED) is 0.867. The van der Waals surface area contributed by atoms with E-state index in [1.807, 2.05) is 11.3 Å². The van der Waals surface area contributed by atoms with Crippen molar-refractivity contribution in [1.29, 1.82) is 0 Å². The first-order valence-electron chi connectivity index (χ1n) is 6.76. The molecule has 1 aromatic heterocycles. The number of hydrogen-bond acceptors (Lipinski definition) is 3. The van der Waals surface area contributed by atoms with E-state index < -0.39 is 0 Å². The first-order valence-corrected chi connectivity index (χ1v) is 7.58. The molecule has 2 heterocycles. The second-order valence-electron chi connectivity index (χ2n) is 5.05. The second-order valence-corrected chi connectivity index (χ2v) is 6.42. The third-order valence-electron chi connectivity index (χ3n) is 3.54. The fraction of sp³-hybridized carbons (Fsp3) is 0.714. The highest BCUT2D eigenvalue weighted by atomic mass is 32.1. The van der Waals surface area contributed by atoms with E-state index in [1.165, 1.54) is 42.2 Å². The van der Waals surface area contributed by atoms with Gasteiger partial charge in [0.2, 0.25) is 0 Å². The molecule has 0 amide bonds. The molecular weight excluding hydrogens is 228 g/mol. The summed E-state index contributed by atoms with van der Waals surface area (Å²) < 4.78 is 0. The number of rotatable bonds is 5. The predicted molar refractivity (Wildman–Crippen MR) is 75.6 cm³/mol. The van der Waals surface area contributed by atoms with Crippen LogP contribution < -0.4 is 5.32 Å². The summed E-state index contributed by atoms with van der Waals surface area (Å²) in [7, 11) is 0. The summed E-state index contributed by atoms with van der Waals surface area (Å²) in [5.74, 6) is 0.852. The van der Waals surface area contributed by atoms with Gasteiger partial charge in [0.25, 0.3) is 0 Å². The van der Waals surface area contributed by atoms with Gasteiger partial charge in [0.15, 0.2) is 0 Å². The Labute approximate surface area is 109 Å². The first-order chi connectivity index (χ1) is 8.28. The van der Waals surface area contributed by atoms with E-state index in [4.69, 9.17) is 0 Å². The molecule has 1 atom stereocenters. The summed E-state index contributed by atoms with van der Waals surface area (Å²) in [6.07, 6.45) is 2.74. The normalized spacial score (nSPS) is 21.0. The van der Waals surface area contributed by atoms with Crippen molar-refractivity contribution in [2.45, 2.75) is 33.2 Å². The number of thiophene rings is 1. The van der Waals surface area contributed by atoms with E-state index in [-0.39, 0.29) is 0 Å². The number of aryl methyl sites for hydroxylation is 1. The molecule has 96 valence electrons. The van der Waals surface area contributed by atoms with Gasteiger partial charge in [0.1, 0.15) is 0 Å². The van der Waals surface area contributed by atoms with Crippen LogP contribution >= 0.6 is 11.3 Å². The lowest BCUT2D eigenvalue weighted by Gasteiger charge is -2.29. The highest BCUT2D eigenvalue weighted by Crippen LogP contribution is 2.19. The van der Waals surface area contributed by atoms with Crippen LogP contribution in [0, 0.1) is 12.8 Å². The lowest BCUT2D eigenvalue weighted by Crippen LogP contribution is -2.37. The maximum atomic E-state index is 3.51. The van der Waals surface area contributed by atoms with Gasteiger partial charge in [-0.2, -0.15) is 0 Å². The van der Waals surface area contributed by atoms with Crippen LogP contribution in [-0.4, -0.2) is 31.1 Å². The van der Waals surface area contributed by atoms with Crippen molar-refractivity contribution in [3.8, 4) is 0 Å². The second kappa shape index (κ2) is 6.53. The van der Waals surface area contributed by atoms with Gasteiger partial charge in [-0.05, 0) is 57.5 Å². The van der Waals surface area contributed by atoms with Crippen molar-refractivity contribution >= 4 is 11.3 Å². The molecule has 1 fully saturated rings. The minimum atomic E-state index is 0.852. The standard InChI is InChI=1S/C14H24N2S/c1-3-16(10-13-5-4-8-15-9-13)11-14-7-6-12(2)17-14/h6-7,13,15H,3-5,8-11H2,1-2H3. The van der Waals surface area contributed by atoms with E-state index in [9.17, 15) is 0 Å².